The van der Waals surface area contributed by atoms with Crippen LogP contribution in [0.3, 0.4) is 0 Å². The Labute approximate surface area is 133 Å². The van der Waals surface area contributed by atoms with E-state index in [-0.39, 0.29) is 6.61 Å². The maximum absolute atomic E-state index is 9.05. The van der Waals surface area contributed by atoms with Crippen LogP contribution in [0.5, 0.6) is 0 Å². The summed E-state index contributed by atoms with van der Waals surface area (Å²) in [5.41, 5.74) is 4.94. The molecule has 2 aromatic heterocycles. The maximum Gasteiger partial charge on any atom is 0.138 e. The number of hydrogen-bond acceptors (Lipinski definition) is 5. The van der Waals surface area contributed by atoms with Crippen LogP contribution in [0.15, 0.2) is 24.5 Å². The minimum Gasteiger partial charge on any atom is -0.395 e. The second-order valence-corrected chi connectivity index (χ2v) is 6.59. The van der Waals surface area contributed by atoms with Crippen molar-refractivity contribution in [2.45, 2.75) is 20.8 Å². The van der Waals surface area contributed by atoms with Crippen molar-refractivity contribution in [1.29, 1.82) is 0 Å². The summed E-state index contributed by atoms with van der Waals surface area (Å²) in [7, 11) is 0. The summed E-state index contributed by atoms with van der Waals surface area (Å²) in [6.07, 6.45) is 1.57. The van der Waals surface area contributed by atoms with Crippen molar-refractivity contribution in [3.8, 4) is 11.1 Å². The predicted molar refractivity (Wildman–Crippen MR) is 92.6 cm³/mol. The molecular formula is C17H19N3OS. The average Bonchev–Trinajstić information content (AvgIpc) is 2.84. The van der Waals surface area contributed by atoms with Crippen molar-refractivity contribution in [3.05, 3.63) is 40.5 Å². The van der Waals surface area contributed by atoms with E-state index in [0.29, 0.717) is 6.54 Å². The van der Waals surface area contributed by atoms with Crippen LogP contribution in [0.2, 0.25) is 0 Å². The lowest BCUT2D eigenvalue weighted by molar-refractivity contribution is 0.311. The molecule has 5 heteroatoms. The van der Waals surface area contributed by atoms with Crippen LogP contribution in [0.25, 0.3) is 21.3 Å². The number of aryl methyl sites for hydroxylation is 3. The summed E-state index contributed by atoms with van der Waals surface area (Å²) in [5.74, 6) is 0.789. The third-order valence-corrected chi connectivity index (χ3v) is 4.88. The van der Waals surface area contributed by atoms with Crippen LogP contribution in [-0.2, 0) is 0 Å². The number of aliphatic hydroxyl groups excluding tert-OH is 1. The number of fused-ring (bicyclic) bond motifs is 1. The van der Waals surface area contributed by atoms with Crippen LogP contribution < -0.4 is 5.32 Å². The van der Waals surface area contributed by atoms with Gasteiger partial charge in [-0.3, -0.25) is 0 Å². The molecule has 0 unspecified atom stereocenters. The first-order valence-electron chi connectivity index (χ1n) is 7.28. The summed E-state index contributed by atoms with van der Waals surface area (Å²) >= 11 is 1.68. The molecule has 0 aliphatic heterocycles. The van der Waals surface area contributed by atoms with E-state index >= 15 is 0 Å². The van der Waals surface area contributed by atoms with Crippen molar-refractivity contribution >= 4 is 27.4 Å². The monoisotopic (exact) mass is 313 g/mol. The number of thiophene rings is 1. The lowest BCUT2D eigenvalue weighted by Crippen LogP contribution is -2.07. The van der Waals surface area contributed by atoms with Gasteiger partial charge in [-0.2, -0.15) is 0 Å². The summed E-state index contributed by atoms with van der Waals surface area (Å²) in [6, 6.07) is 6.52. The van der Waals surface area contributed by atoms with Crippen molar-refractivity contribution in [2.75, 3.05) is 18.5 Å². The lowest BCUT2D eigenvalue weighted by Gasteiger charge is -2.09. The molecule has 0 saturated heterocycles. The van der Waals surface area contributed by atoms with Gasteiger partial charge < -0.3 is 10.4 Å². The quantitative estimate of drug-likeness (QED) is 0.771. The number of hydrogen-bond donors (Lipinski definition) is 2. The van der Waals surface area contributed by atoms with Gasteiger partial charge in [0.05, 0.1) is 12.0 Å². The van der Waals surface area contributed by atoms with Gasteiger partial charge in [0.1, 0.15) is 17.0 Å². The molecule has 1 aromatic carbocycles. The molecule has 2 heterocycles. The third kappa shape index (κ3) is 2.58. The fourth-order valence-electron chi connectivity index (χ4n) is 2.60. The molecule has 3 aromatic rings. The third-order valence-electron chi connectivity index (χ3n) is 3.86. The molecule has 3 rings (SSSR count). The number of anilines is 1. The lowest BCUT2D eigenvalue weighted by atomic mass is 9.99. The first-order valence-corrected chi connectivity index (χ1v) is 8.10. The van der Waals surface area contributed by atoms with Crippen molar-refractivity contribution < 1.29 is 5.11 Å². The summed E-state index contributed by atoms with van der Waals surface area (Å²) in [6.45, 7) is 6.92. The molecule has 0 aliphatic rings. The Morgan fingerprint density at radius 3 is 2.68 bits per heavy atom. The van der Waals surface area contributed by atoms with Gasteiger partial charge in [-0.1, -0.05) is 18.2 Å². The Kier molecular flexibility index (Phi) is 4.09. The highest BCUT2D eigenvalue weighted by Gasteiger charge is 2.16. The zero-order valence-corrected chi connectivity index (χ0v) is 13.8. The molecular weight excluding hydrogens is 294 g/mol. The molecule has 0 amide bonds. The highest BCUT2D eigenvalue weighted by Crippen LogP contribution is 2.40. The Balaban J connectivity index is 2.23. The Morgan fingerprint density at radius 1 is 1.14 bits per heavy atom. The maximum atomic E-state index is 9.05. The van der Waals surface area contributed by atoms with Crippen LogP contribution in [0.4, 0.5) is 5.82 Å². The number of rotatable bonds is 4. The van der Waals surface area contributed by atoms with E-state index in [9.17, 15) is 0 Å². The molecule has 0 radical (unpaired) electrons. The molecule has 2 N–H and O–H groups in total. The molecule has 0 atom stereocenters. The van der Waals surface area contributed by atoms with Crippen LogP contribution >= 0.6 is 11.3 Å². The van der Waals surface area contributed by atoms with Gasteiger partial charge in [-0.15, -0.1) is 11.3 Å². The smallest absolute Gasteiger partial charge is 0.138 e. The van der Waals surface area contributed by atoms with Crippen molar-refractivity contribution in [1.82, 2.24) is 9.97 Å². The van der Waals surface area contributed by atoms with Gasteiger partial charge in [-0.25, -0.2) is 9.97 Å². The van der Waals surface area contributed by atoms with Gasteiger partial charge in [0.2, 0.25) is 0 Å². The van der Waals surface area contributed by atoms with Crippen molar-refractivity contribution in [2.24, 2.45) is 0 Å². The molecule has 0 fully saturated rings. The Morgan fingerprint density at radius 2 is 1.95 bits per heavy atom. The fraction of sp³-hybridized carbons (Fsp3) is 0.294. The summed E-state index contributed by atoms with van der Waals surface area (Å²) in [5, 5.41) is 13.3. The molecule has 0 saturated carbocycles. The van der Waals surface area contributed by atoms with E-state index in [2.05, 4.69) is 54.3 Å². The summed E-state index contributed by atoms with van der Waals surface area (Å²) < 4.78 is 0. The highest BCUT2D eigenvalue weighted by molar-refractivity contribution is 7.19. The van der Waals surface area contributed by atoms with Crippen LogP contribution in [0.1, 0.15) is 16.0 Å². The first-order chi connectivity index (χ1) is 10.6. The van der Waals surface area contributed by atoms with Gasteiger partial charge in [-0.05, 0) is 37.5 Å². The van der Waals surface area contributed by atoms with E-state index < -0.39 is 0 Å². The first kappa shape index (κ1) is 14.9. The molecule has 0 spiro atoms. The molecule has 22 heavy (non-hydrogen) atoms. The van der Waals surface area contributed by atoms with Crippen molar-refractivity contribution in [3.63, 3.8) is 0 Å². The zero-order chi connectivity index (χ0) is 15.7. The molecule has 4 nitrogen and oxygen atoms in total. The number of aromatic nitrogens is 2. The van der Waals surface area contributed by atoms with Crippen LogP contribution in [-0.4, -0.2) is 28.2 Å². The predicted octanol–water partition coefficient (Wildman–Crippen LogP) is 3.69. The second kappa shape index (κ2) is 6.02. The SMILES string of the molecule is Cc1ccc(-c2c(C)sc3ncnc(NCCO)c23)cc1C. The standard InChI is InChI=1S/C17H19N3OS/c1-10-4-5-13(8-11(10)2)14-12(3)22-17-15(14)16(18-6-7-21)19-9-20-17/h4-5,8-9,21H,6-7H2,1-3H3,(H,18,19,20). The summed E-state index contributed by atoms with van der Waals surface area (Å²) in [4.78, 5) is 11.0. The Bertz CT molecular complexity index is 826. The van der Waals surface area contributed by atoms with Gasteiger partial charge in [0, 0.05) is 17.0 Å². The number of nitrogens with one attached hydrogen (secondary N) is 1. The highest BCUT2D eigenvalue weighted by atomic mass is 32.1. The molecule has 0 bridgehead atoms. The molecule has 114 valence electrons. The van der Waals surface area contributed by atoms with Gasteiger partial charge in [0.15, 0.2) is 0 Å². The fourth-order valence-corrected chi connectivity index (χ4v) is 3.61. The van der Waals surface area contributed by atoms with E-state index in [1.807, 2.05) is 0 Å². The van der Waals surface area contributed by atoms with Crippen LogP contribution in [0, 0.1) is 20.8 Å². The van der Waals surface area contributed by atoms with E-state index in [1.54, 1.807) is 17.7 Å². The van der Waals surface area contributed by atoms with Gasteiger partial charge in [0.25, 0.3) is 0 Å². The van der Waals surface area contributed by atoms with E-state index in [1.165, 1.54) is 27.1 Å². The Hall–Kier alpha value is -1.98. The largest absolute Gasteiger partial charge is 0.395 e. The topological polar surface area (TPSA) is 58.0 Å². The number of aliphatic hydroxyl groups is 1. The zero-order valence-electron chi connectivity index (χ0n) is 13.0. The average molecular weight is 313 g/mol. The van der Waals surface area contributed by atoms with Gasteiger partial charge >= 0.3 is 0 Å². The van der Waals surface area contributed by atoms with E-state index in [4.69, 9.17) is 5.11 Å². The second-order valence-electron chi connectivity index (χ2n) is 5.39. The van der Waals surface area contributed by atoms with E-state index in [0.717, 1.165) is 16.0 Å². The minimum absolute atomic E-state index is 0.0770. The molecule has 0 aliphatic carbocycles. The number of nitrogens with zero attached hydrogens (tertiary/aromatic N) is 2. The minimum atomic E-state index is 0.0770. The normalized spacial score (nSPS) is 11.1. The number of benzene rings is 1.